The number of nitrogens with zero attached hydrogens (tertiary/aromatic N) is 1. The van der Waals surface area contributed by atoms with Crippen molar-refractivity contribution in [2.75, 3.05) is 20.7 Å². The van der Waals surface area contributed by atoms with Gasteiger partial charge in [0.05, 0.1) is 7.11 Å². The number of hydrogen-bond acceptors (Lipinski definition) is 4. The second-order valence-electron chi connectivity index (χ2n) is 4.90. The zero-order chi connectivity index (χ0) is 14.6. The number of ether oxygens (including phenoxy) is 1. The Balaban J connectivity index is 2.75. The van der Waals surface area contributed by atoms with Gasteiger partial charge >= 0.3 is 5.97 Å². The molecule has 0 aliphatic heterocycles. The maximum atomic E-state index is 10.7. The van der Waals surface area contributed by atoms with E-state index in [4.69, 9.17) is 15.6 Å². The number of nitrogens with two attached hydrogens (primary N) is 1. The average molecular weight is 266 g/mol. The van der Waals surface area contributed by atoms with Gasteiger partial charge in [0, 0.05) is 13.1 Å². The molecule has 1 atom stereocenters. The van der Waals surface area contributed by atoms with E-state index in [2.05, 4.69) is 12.1 Å². The van der Waals surface area contributed by atoms with Crippen molar-refractivity contribution >= 4 is 5.97 Å². The third kappa shape index (κ3) is 4.22. The molecular weight excluding hydrogens is 244 g/mol. The van der Waals surface area contributed by atoms with E-state index in [9.17, 15) is 4.79 Å². The molecule has 0 saturated carbocycles. The van der Waals surface area contributed by atoms with E-state index in [0.717, 1.165) is 22.4 Å². The van der Waals surface area contributed by atoms with Crippen molar-refractivity contribution in [3.8, 4) is 5.75 Å². The standard InChI is InChI=1S/C14H22N2O3/c1-9-5-11(6-10(2)13(9)19-4)7-16(3)8-12(15)14(17)18/h5-6,12H,7-8,15H2,1-4H3,(H,17,18). The SMILES string of the molecule is COc1c(C)cc(CN(C)CC(N)C(=O)O)cc1C. The quantitative estimate of drug-likeness (QED) is 0.808. The lowest BCUT2D eigenvalue weighted by atomic mass is 10.1. The van der Waals surface area contributed by atoms with Crippen LogP contribution in [0.5, 0.6) is 5.75 Å². The van der Waals surface area contributed by atoms with Crippen LogP contribution in [-0.4, -0.2) is 42.7 Å². The van der Waals surface area contributed by atoms with Gasteiger partial charge in [-0.2, -0.15) is 0 Å². The first kappa shape index (κ1) is 15.5. The third-order valence-electron chi connectivity index (χ3n) is 3.00. The predicted octanol–water partition coefficient (Wildman–Crippen LogP) is 1.16. The highest BCUT2D eigenvalue weighted by molar-refractivity contribution is 5.73. The van der Waals surface area contributed by atoms with Crippen molar-refractivity contribution in [3.63, 3.8) is 0 Å². The van der Waals surface area contributed by atoms with Gasteiger partial charge in [0.15, 0.2) is 0 Å². The molecule has 0 heterocycles. The number of carboxylic acids is 1. The molecule has 0 radical (unpaired) electrons. The van der Waals surface area contributed by atoms with Crippen LogP contribution in [0.4, 0.5) is 0 Å². The summed E-state index contributed by atoms with van der Waals surface area (Å²) in [6.45, 7) is 4.97. The Bertz CT molecular complexity index is 437. The lowest BCUT2D eigenvalue weighted by molar-refractivity contribution is -0.138. The molecule has 0 aliphatic carbocycles. The van der Waals surface area contributed by atoms with Crippen LogP contribution < -0.4 is 10.5 Å². The third-order valence-corrected chi connectivity index (χ3v) is 3.00. The van der Waals surface area contributed by atoms with Gasteiger partial charge < -0.3 is 15.6 Å². The van der Waals surface area contributed by atoms with Gasteiger partial charge in [-0.3, -0.25) is 9.69 Å². The zero-order valence-electron chi connectivity index (χ0n) is 11.9. The van der Waals surface area contributed by atoms with Crippen LogP contribution in [0, 0.1) is 13.8 Å². The lowest BCUT2D eigenvalue weighted by Gasteiger charge is -2.20. The van der Waals surface area contributed by atoms with Gasteiger partial charge in [-0.25, -0.2) is 0 Å². The van der Waals surface area contributed by atoms with Crippen LogP contribution in [0.2, 0.25) is 0 Å². The van der Waals surface area contributed by atoms with Crippen LogP contribution >= 0.6 is 0 Å². The largest absolute Gasteiger partial charge is 0.496 e. The van der Waals surface area contributed by atoms with Crippen LogP contribution in [0.15, 0.2) is 12.1 Å². The topological polar surface area (TPSA) is 75.8 Å². The highest BCUT2D eigenvalue weighted by Crippen LogP contribution is 2.24. The lowest BCUT2D eigenvalue weighted by Crippen LogP contribution is -2.40. The average Bonchev–Trinajstić information content (AvgIpc) is 2.27. The molecule has 1 rings (SSSR count). The fourth-order valence-corrected chi connectivity index (χ4v) is 2.24. The highest BCUT2D eigenvalue weighted by atomic mass is 16.5. The van der Waals surface area contributed by atoms with Gasteiger partial charge in [0.1, 0.15) is 11.8 Å². The highest BCUT2D eigenvalue weighted by Gasteiger charge is 2.14. The van der Waals surface area contributed by atoms with E-state index in [0.29, 0.717) is 13.1 Å². The molecule has 0 fully saturated rings. The normalized spacial score (nSPS) is 12.5. The number of carboxylic acid groups (broad SMARTS) is 1. The number of methoxy groups -OCH3 is 1. The Kier molecular flexibility index (Phi) is 5.32. The fraction of sp³-hybridized carbons (Fsp3) is 0.500. The molecule has 0 bridgehead atoms. The van der Waals surface area contributed by atoms with E-state index in [-0.39, 0.29) is 0 Å². The molecule has 0 amide bonds. The summed E-state index contributed by atoms with van der Waals surface area (Å²) in [7, 11) is 3.52. The van der Waals surface area contributed by atoms with E-state index < -0.39 is 12.0 Å². The number of rotatable bonds is 6. The van der Waals surface area contributed by atoms with E-state index in [1.54, 1.807) is 7.11 Å². The molecule has 1 aromatic carbocycles. The van der Waals surface area contributed by atoms with Crippen LogP contribution in [0.25, 0.3) is 0 Å². The van der Waals surface area contributed by atoms with Gasteiger partial charge in [-0.15, -0.1) is 0 Å². The molecule has 0 aromatic heterocycles. The summed E-state index contributed by atoms with van der Waals surface area (Å²) in [5.74, 6) is -0.0809. The summed E-state index contributed by atoms with van der Waals surface area (Å²) in [6, 6.07) is 3.24. The fourth-order valence-electron chi connectivity index (χ4n) is 2.24. The second-order valence-corrected chi connectivity index (χ2v) is 4.90. The minimum atomic E-state index is -0.978. The van der Waals surface area contributed by atoms with Gasteiger partial charge in [-0.1, -0.05) is 12.1 Å². The molecular formula is C14H22N2O3. The zero-order valence-corrected chi connectivity index (χ0v) is 11.9. The number of hydrogen-bond donors (Lipinski definition) is 2. The summed E-state index contributed by atoms with van der Waals surface area (Å²) < 4.78 is 5.32. The van der Waals surface area contributed by atoms with Crippen LogP contribution in [0.3, 0.4) is 0 Å². The molecule has 0 aliphatic rings. The summed E-state index contributed by atoms with van der Waals surface area (Å²) in [4.78, 5) is 12.6. The molecule has 0 spiro atoms. The number of benzene rings is 1. The molecule has 0 saturated heterocycles. The van der Waals surface area contributed by atoms with Crippen molar-refractivity contribution in [1.29, 1.82) is 0 Å². The predicted molar refractivity (Wildman–Crippen MR) is 74.4 cm³/mol. The monoisotopic (exact) mass is 266 g/mol. The Labute approximate surface area is 114 Å². The number of likely N-dealkylation sites (N-methyl/N-ethyl adjacent to an activating group) is 1. The van der Waals surface area contributed by atoms with Gasteiger partial charge in [0.25, 0.3) is 0 Å². The van der Waals surface area contributed by atoms with E-state index in [1.807, 2.05) is 25.8 Å². The summed E-state index contributed by atoms with van der Waals surface area (Å²) in [6.07, 6.45) is 0. The van der Waals surface area contributed by atoms with Crippen molar-refractivity contribution in [2.24, 2.45) is 5.73 Å². The van der Waals surface area contributed by atoms with Crippen LogP contribution in [0.1, 0.15) is 16.7 Å². The van der Waals surface area contributed by atoms with Gasteiger partial charge in [0.2, 0.25) is 0 Å². The summed E-state index contributed by atoms with van der Waals surface area (Å²) >= 11 is 0. The Morgan fingerprint density at radius 3 is 2.37 bits per heavy atom. The molecule has 106 valence electrons. The van der Waals surface area contributed by atoms with Crippen molar-refractivity contribution in [3.05, 3.63) is 28.8 Å². The van der Waals surface area contributed by atoms with Crippen molar-refractivity contribution in [2.45, 2.75) is 26.4 Å². The number of carbonyl (C=O) groups is 1. The first-order chi connectivity index (χ1) is 8.85. The second kappa shape index (κ2) is 6.54. The minimum Gasteiger partial charge on any atom is -0.496 e. The molecule has 1 unspecified atom stereocenters. The molecule has 1 aromatic rings. The van der Waals surface area contributed by atoms with Crippen molar-refractivity contribution < 1.29 is 14.6 Å². The maximum Gasteiger partial charge on any atom is 0.321 e. The molecule has 19 heavy (non-hydrogen) atoms. The Morgan fingerprint density at radius 2 is 1.95 bits per heavy atom. The van der Waals surface area contributed by atoms with E-state index in [1.165, 1.54) is 0 Å². The maximum absolute atomic E-state index is 10.7. The summed E-state index contributed by atoms with van der Waals surface area (Å²) in [5, 5.41) is 8.79. The number of aryl methyl sites for hydroxylation is 2. The van der Waals surface area contributed by atoms with Crippen molar-refractivity contribution in [1.82, 2.24) is 4.90 Å². The van der Waals surface area contributed by atoms with Crippen LogP contribution in [-0.2, 0) is 11.3 Å². The summed E-state index contributed by atoms with van der Waals surface area (Å²) in [5.41, 5.74) is 8.79. The van der Waals surface area contributed by atoms with Gasteiger partial charge in [-0.05, 0) is 37.6 Å². The Morgan fingerprint density at radius 1 is 1.42 bits per heavy atom. The first-order valence-electron chi connectivity index (χ1n) is 6.16. The Hall–Kier alpha value is -1.59. The number of aliphatic carboxylic acids is 1. The molecule has 5 nitrogen and oxygen atoms in total. The minimum absolute atomic E-state index is 0.319. The first-order valence-corrected chi connectivity index (χ1v) is 6.16. The molecule has 5 heteroatoms. The van der Waals surface area contributed by atoms with E-state index >= 15 is 0 Å². The molecule has 3 N–H and O–H groups in total. The smallest absolute Gasteiger partial charge is 0.321 e.